The summed E-state index contributed by atoms with van der Waals surface area (Å²) >= 11 is 0. The van der Waals surface area contributed by atoms with E-state index in [9.17, 15) is 14.4 Å². The Kier molecular flexibility index (Phi) is 21.0. The first-order valence-electron chi connectivity index (χ1n) is 6.15. The van der Waals surface area contributed by atoms with Gasteiger partial charge in [0.1, 0.15) is 19.3 Å². The number of methoxy groups -OCH3 is 1. The van der Waals surface area contributed by atoms with Crippen LogP contribution < -0.4 is 0 Å². The SMILES string of the molecule is C=CC.CC(COC(=O)O)OC(=O)O.COCCOC(C)=O. The van der Waals surface area contributed by atoms with Crippen LogP contribution >= 0.6 is 0 Å². The zero-order valence-electron chi connectivity index (χ0n) is 13.2. The monoisotopic (exact) mass is 324 g/mol. The van der Waals surface area contributed by atoms with E-state index in [1.165, 1.54) is 13.8 Å². The number of ether oxygens (including phenoxy) is 4. The topological polar surface area (TPSA) is 129 Å². The lowest BCUT2D eigenvalue weighted by Crippen LogP contribution is -2.20. The maximum Gasteiger partial charge on any atom is 0.506 e. The predicted octanol–water partition coefficient (Wildman–Crippen LogP) is 2.15. The maximum atomic E-state index is 10.0. The maximum absolute atomic E-state index is 10.0. The lowest BCUT2D eigenvalue weighted by atomic mass is 10.4. The number of carboxylic acid groups (broad SMARTS) is 2. The Hall–Kier alpha value is -2.29. The van der Waals surface area contributed by atoms with E-state index < -0.39 is 18.4 Å². The third-order valence-electron chi connectivity index (χ3n) is 1.34. The van der Waals surface area contributed by atoms with Crippen LogP contribution in [0, 0.1) is 0 Å². The number of carbonyl (C=O) groups is 3. The summed E-state index contributed by atoms with van der Waals surface area (Å²) in [6.45, 7) is 8.54. The van der Waals surface area contributed by atoms with Crippen LogP contribution in [-0.4, -0.2) is 61.5 Å². The Balaban J connectivity index is -0.000000288. The van der Waals surface area contributed by atoms with Gasteiger partial charge in [0.05, 0.1) is 6.61 Å². The Morgan fingerprint density at radius 1 is 1.14 bits per heavy atom. The van der Waals surface area contributed by atoms with Crippen molar-refractivity contribution in [2.24, 2.45) is 0 Å². The molecule has 22 heavy (non-hydrogen) atoms. The Morgan fingerprint density at radius 3 is 1.95 bits per heavy atom. The molecule has 0 aromatic carbocycles. The summed E-state index contributed by atoms with van der Waals surface area (Å²) in [5.74, 6) is -0.262. The molecule has 9 nitrogen and oxygen atoms in total. The van der Waals surface area contributed by atoms with Gasteiger partial charge in [0.15, 0.2) is 0 Å². The van der Waals surface area contributed by atoms with Crippen LogP contribution in [0.1, 0.15) is 20.8 Å². The molecule has 0 aliphatic heterocycles. The van der Waals surface area contributed by atoms with Crippen molar-refractivity contribution in [2.45, 2.75) is 26.9 Å². The van der Waals surface area contributed by atoms with E-state index >= 15 is 0 Å². The molecule has 0 aliphatic rings. The summed E-state index contributed by atoms with van der Waals surface area (Å²) < 4.78 is 17.3. The second kappa shape index (κ2) is 18.7. The highest BCUT2D eigenvalue weighted by Crippen LogP contribution is 1.92. The van der Waals surface area contributed by atoms with Crippen molar-refractivity contribution in [3.63, 3.8) is 0 Å². The molecule has 0 saturated heterocycles. The Morgan fingerprint density at radius 2 is 1.64 bits per heavy atom. The van der Waals surface area contributed by atoms with Gasteiger partial charge in [-0.25, -0.2) is 9.59 Å². The van der Waals surface area contributed by atoms with Crippen LogP contribution in [0.15, 0.2) is 12.7 Å². The van der Waals surface area contributed by atoms with E-state index in [0.29, 0.717) is 13.2 Å². The number of esters is 1. The van der Waals surface area contributed by atoms with Crippen LogP contribution in [0.25, 0.3) is 0 Å². The fraction of sp³-hybridized carbons (Fsp3) is 0.615. The molecule has 0 saturated carbocycles. The number of hydrogen-bond donors (Lipinski definition) is 2. The second-order valence-corrected chi connectivity index (χ2v) is 3.51. The molecule has 0 aromatic rings. The highest BCUT2D eigenvalue weighted by atomic mass is 16.7. The van der Waals surface area contributed by atoms with Crippen LogP contribution in [-0.2, 0) is 23.7 Å². The minimum absolute atomic E-state index is 0.262. The largest absolute Gasteiger partial charge is 0.506 e. The fourth-order valence-corrected chi connectivity index (χ4v) is 0.663. The smallest absolute Gasteiger partial charge is 0.463 e. The highest BCUT2D eigenvalue weighted by Gasteiger charge is 2.09. The predicted molar refractivity (Wildman–Crippen MR) is 76.9 cm³/mol. The van der Waals surface area contributed by atoms with E-state index in [4.69, 9.17) is 10.2 Å². The van der Waals surface area contributed by atoms with Gasteiger partial charge in [-0.15, -0.1) is 6.58 Å². The second-order valence-electron chi connectivity index (χ2n) is 3.51. The summed E-state index contributed by atoms with van der Waals surface area (Å²) in [5.41, 5.74) is 0. The number of carbonyl (C=O) groups excluding carboxylic acids is 1. The quantitative estimate of drug-likeness (QED) is 0.327. The third kappa shape index (κ3) is 36.1. The zero-order chi connectivity index (χ0) is 18.0. The molecular formula is C13H24O9. The first kappa shape index (κ1) is 24.7. The van der Waals surface area contributed by atoms with E-state index in [0.717, 1.165) is 0 Å². The average molecular weight is 324 g/mol. The molecule has 0 radical (unpaired) electrons. The summed E-state index contributed by atoms with van der Waals surface area (Å²) in [4.78, 5) is 29.6. The third-order valence-corrected chi connectivity index (χ3v) is 1.34. The summed E-state index contributed by atoms with van der Waals surface area (Å²) in [6.07, 6.45) is -1.93. The summed E-state index contributed by atoms with van der Waals surface area (Å²) in [5, 5.41) is 16.0. The van der Waals surface area contributed by atoms with E-state index in [-0.39, 0.29) is 12.6 Å². The normalized spacial score (nSPS) is 9.64. The Bertz CT molecular complexity index is 315. The van der Waals surface area contributed by atoms with Crippen molar-refractivity contribution in [1.82, 2.24) is 0 Å². The molecule has 0 rings (SSSR count). The molecule has 0 spiro atoms. The van der Waals surface area contributed by atoms with Gasteiger partial charge >= 0.3 is 18.3 Å². The molecule has 0 aromatic heterocycles. The summed E-state index contributed by atoms with van der Waals surface area (Å²) in [6, 6.07) is 0. The molecule has 0 aliphatic carbocycles. The van der Waals surface area contributed by atoms with Crippen molar-refractivity contribution >= 4 is 18.3 Å². The Labute approximate surface area is 129 Å². The van der Waals surface area contributed by atoms with Gasteiger partial charge < -0.3 is 29.2 Å². The summed E-state index contributed by atoms with van der Waals surface area (Å²) in [7, 11) is 1.56. The van der Waals surface area contributed by atoms with Crippen molar-refractivity contribution in [2.75, 3.05) is 26.9 Å². The zero-order valence-corrected chi connectivity index (χ0v) is 13.2. The first-order valence-corrected chi connectivity index (χ1v) is 6.15. The first-order chi connectivity index (χ1) is 10.2. The van der Waals surface area contributed by atoms with Gasteiger partial charge in [0.25, 0.3) is 0 Å². The van der Waals surface area contributed by atoms with Gasteiger partial charge in [-0.1, -0.05) is 6.08 Å². The molecule has 2 N–H and O–H groups in total. The molecule has 0 bridgehead atoms. The van der Waals surface area contributed by atoms with Crippen LogP contribution in [0.2, 0.25) is 0 Å². The van der Waals surface area contributed by atoms with E-state index in [2.05, 4.69) is 25.5 Å². The van der Waals surface area contributed by atoms with Crippen molar-refractivity contribution in [1.29, 1.82) is 0 Å². The standard InChI is InChI=1S/C5H8O6.C5H10O3.C3H6/c1-3(11-5(8)9)2-10-4(6)7;1-5(6)8-4-3-7-2;1-3-2/h3H,2H2,1H3,(H,6,7)(H,8,9);3-4H2,1-2H3;3H,1H2,2H3. The van der Waals surface area contributed by atoms with Crippen LogP contribution in [0.5, 0.6) is 0 Å². The van der Waals surface area contributed by atoms with Crippen molar-refractivity contribution < 1.29 is 43.5 Å². The molecule has 0 amide bonds. The average Bonchev–Trinajstić information content (AvgIpc) is 2.37. The van der Waals surface area contributed by atoms with E-state index in [1.54, 1.807) is 13.2 Å². The van der Waals surface area contributed by atoms with E-state index in [1.807, 2.05) is 6.92 Å². The van der Waals surface area contributed by atoms with Gasteiger partial charge in [0, 0.05) is 14.0 Å². The molecular weight excluding hydrogens is 300 g/mol. The van der Waals surface area contributed by atoms with Gasteiger partial charge in [-0.05, 0) is 13.8 Å². The van der Waals surface area contributed by atoms with Crippen molar-refractivity contribution in [3.05, 3.63) is 12.7 Å². The molecule has 0 heterocycles. The minimum atomic E-state index is -1.45. The van der Waals surface area contributed by atoms with Crippen LogP contribution in [0.3, 0.4) is 0 Å². The molecule has 1 atom stereocenters. The molecule has 1 unspecified atom stereocenters. The number of allylic oxidation sites excluding steroid dienone is 1. The van der Waals surface area contributed by atoms with Crippen LogP contribution in [0.4, 0.5) is 9.59 Å². The number of rotatable bonds is 6. The highest BCUT2D eigenvalue weighted by molar-refractivity contribution is 5.65. The van der Waals surface area contributed by atoms with Crippen molar-refractivity contribution in [3.8, 4) is 0 Å². The molecule has 130 valence electrons. The molecule has 0 fully saturated rings. The lowest BCUT2D eigenvalue weighted by molar-refractivity contribution is -0.142. The number of hydrogen-bond acceptors (Lipinski definition) is 7. The molecule has 9 heteroatoms. The van der Waals surface area contributed by atoms with Gasteiger partial charge in [0.2, 0.25) is 0 Å². The fourth-order valence-electron chi connectivity index (χ4n) is 0.663. The lowest BCUT2D eigenvalue weighted by Gasteiger charge is -2.08. The van der Waals surface area contributed by atoms with Gasteiger partial charge in [-0.2, -0.15) is 0 Å². The van der Waals surface area contributed by atoms with Gasteiger partial charge in [-0.3, -0.25) is 4.79 Å². The minimum Gasteiger partial charge on any atom is -0.463 e.